The number of rotatable bonds is 8. The Kier molecular flexibility index (Phi) is 7.51. The number of hydrogen-bond acceptors (Lipinski definition) is 2. The van der Waals surface area contributed by atoms with Crippen molar-refractivity contribution in [3.63, 3.8) is 0 Å². The molecule has 0 heterocycles. The molecule has 148 valence electrons. The molecule has 0 unspecified atom stereocenters. The number of benzene rings is 3. The lowest BCUT2D eigenvalue weighted by atomic mass is 10.0. The second kappa shape index (κ2) is 10.5. The fourth-order valence-electron chi connectivity index (χ4n) is 3.07. The van der Waals surface area contributed by atoms with Gasteiger partial charge in [0.05, 0.1) is 6.67 Å². The third-order valence-electron chi connectivity index (χ3n) is 4.84. The molecule has 0 spiro atoms. The Morgan fingerprint density at radius 2 is 1.41 bits per heavy atom. The summed E-state index contributed by atoms with van der Waals surface area (Å²) < 4.78 is 13.1. The summed E-state index contributed by atoms with van der Waals surface area (Å²) in [4.78, 5) is 0. The quantitative estimate of drug-likeness (QED) is 0.293. The van der Waals surface area contributed by atoms with Crippen molar-refractivity contribution in [2.75, 3.05) is 13.2 Å². The summed E-state index contributed by atoms with van der Waals surface area (Å²) >= 11 is 0. The standard InChI is InChI=1S/C26H27FN2/c1-21-19-25(14-16-26(21)15-13-22-5-3-2-4-6-22)12-11-23-7-9-24(10-8-23)17-18-29(27)20-28/h2-16,19H,17-18,20,28H2,1H3/b12-11+,15-13+. The smallest absolute Gasteiger partial charge is 0.0757 e. The Morgan fingerprint density at radius 1 is 0.793 bits per heavy atom. The molecule has 3 aromatic rings. The summed E-state index contributed by atoms with van der Waals surface area (Å²) in [5.74, 6) is 0. The van der Waals surface area contributed by atoms with Crippen LogP contribution in [0.15, 0.2) is 72.8 Å². The van der Waals surface area contributed by atoms with Crippen LogP contribution in [0, 0.1) is 6.92 Å². The van der Waals surface area contributed by atoms with E-state index in [1.165, 1.54) is 22.3 Å². The molecular formula is C26H27FN2. The highest BCUT2D eigenvalue weighted by molar-refractivity contribution is 5.74. The summed E-state index contributed by atoms with van der Waals surface area (Å²) in [5, 5.41) is 0.620. The van der Waals surface area contributed by atoms with Crippen molar-refractivity contribution < 1.29 is 4.48 Å². The van der Waals surface area contributed by atoms with Gasteiger partial charge in [0.25, 0.3) is 0 Å². The van der Waals surface area contributed by atoms with Gasteiger partial charge in [-0.15, -0.1) is 9.60 Å². The van der Waals surface area contributed by atoms with Gasteiger partial charge in [-0.1, -0.05) is 97.1 Å². The van der Waals surface area contributed by atoms with Crippen LogP contribution in [0.25, 0.3) is 24.3 Å². The molecule has 3 heteroatoms. The van der Waals surface area contributed by atoms with Gasteiger partial charge in [0.2, 0.25) is 0 Å². The van der Waals surface area contributed by atoms with E-state index >= 15 is 0 Å². The number of hydrogen-bond donors (Lipinski definition) is 1. The molecule has 29 heavy (non-hydrogen) atoms. The van der Waals surface area contributed by atoms with E-state index in [1.807, 2.05) is 30.3 Å². The van der Waals surface area contributed by atoms with E-state index in [1.54, 1.807) is 0 Å². The molecule has 0 saturated carbocycles. The molecule has 3 aromatic carbocycles. The van der Waals surface area contributed by atoms with E-state index in [2.05, 4.69) is 73.7 Å². The normalized spacial score (nSPS) is 11.7. The van der Waals surface area contributed by atoms with Gasteiger partial charge >= 0.3 is 0 Å². The van der Waals surface area contributed by atoms with Crippen molar-refractivity contribution in [2.45, 2.75) is 13.3 Å². The number of nitrogens with zero attached hydrogens (tertiary/aromatic N) is 1. The SMILES string of the molecule is Cc1cc(/C=C/c2ccc(CCN(F)CN)cc2)ccc1/C=C/c1ccccc1. The third-order valence-corrected chi connectivity index (χ3v) is 4.84. The summed E-state index contributed by atoms with van der Waals surface area (Å²) in [5.41, 5.74) is 12.3. The van der Waals surface area contributed by atoms with E-state index in [9.17, 15) is 4.48 Å². The van der Waals surface area contributed by atoms with Gasteiger partial charge in [0.1, 0.15) is 0 Å². The molecule has 0 bridgehead atoms. The number of halogens is 1. The minimum absolute atomic E-state index is 0.0684. The molecule has 0 aliphatic heterocycles. The first-order valence-corrected chi connectivity index (χ1v) is 9.85. The van der Waals surface area contributed by atoms with Crippen molar-refractivity contribution in [1.29, 1.82) is 0 Å². The van der Waals surface area contributed by atoms with Gasteiger partial charge in [0.15, 0.2) is 0 Å². The molecule has 0 aromatic heterocycles. The minimum atomic E-state index is -0.0684. The topological polar surface area (TPSA) is 29.3 Å². The van der Waals surface area contributed by atoms with Crippen molar-refractivity contribution in [3.8, 4) is 0 Å². The number of nitrogens with two attached hydrogens (primary N) is 1. The van der Waals surface area contributed by atoms with Gasteiger partial charge in [-0.2, -0.15) is 0 Å². The first-order chi connectivity index (χ1) is 14.1. The molecule has 0 saturated heterocycles. The van der Waals surface area contributed by atoms with Gasteiger partial charge in [0, 0.05) is 6.54 Å². The van der Waals surface area contributed by atoms with Crippen molar-refractivity contribution in [2.24, 2.45) is 5.73 Å². The highest BCUT2D eigenvalue weighted by Gasteiger charge is 2.00. The van der Waals surface area contributed by atoms with E-state index in [4.69, 9.17) is 5.73 Å². The summed E-state index contributed by atoms with van der Waals surface area (Å²) in [6.07, 6.45) is 9.15. The lowest BCUT2D eigenvalue weighted by molar-refractivity contribution is 0.0300. The average Bonchev–Trinajstić information content (AvgIpc) is 2.76. The van der Waals surface area contributed by atoms with Crippen LogP contribution in [0.4, 0.5) is 4.48 Å². The molecule has 0 aliphatic rings. The lowest BCUT2D eigenvalue weighted by Gasteiger charge is -2.08. The van der Waals surface area contributed by atoms with Crippen LogP contribution >= 0.6 is 0 Å². The second-order valence-corrected chi connectivity index (χ2v) is 7.05. The number of aryl methyl sites for hydroxylation is 1. The molecular weight excluding hydrogens is 359 g/mol. The average molecular weight is 387 g/mol. The molecule has 3 rings (SSSR count). The van der Waals surface area contributed by atoms with Crippen molar-refractivity contribution in [1.82, 2.24) is 5.12 Å². The van der Waals surface area contributed by atoms with Crippen LogP contribution in [-0.4, -0.2) is 18.3 Å². The highest BCUT2D eigenvalue weighted by atomic mass is 19.2. The van der Waals surface area contributed by atoms with Crippen LogP contribution in [0.2, 0.25) is 0 Å². The minimum Gasteiger partial charge on any atom is -0.316 e. The fraction of sp³-hybridized carbons (Fsp3) is 0.154. The summed E-state index contributed by atoms with van der Waals surface area (Å²) in [6, 6.07) is 25.0. The predicted molar refractivity (Wildman–Crippen MR) is 122 cm³/mol. The van der Waals surface area contributed by atoms with Crippen LogP contribution in [0.3, 0.4) is 0 Å². The Morgan fingerprint density at radius 3 is 2.10 bits per heavy atom. The first-order valence-electron chi connectivity index (χ1n) is 9.85. The molecule has 0 aliphatic carbocycles. The van der Waals surface area contributed by atoms with Gasteiger partial charge in [-0.05, 0) is 46.7 Å². The zero-order valence-electron chi connectivity index (χ0n) is 16.8. The van der Waals surface area contributed by atoms with Gasteiger partial charge in [-0.25, -0.2) is 0 Å². The van der Waals surface area contributed by atoms with Gasteiger partial charge in [-0.3, -0.25) is 0 Å². The molecule has 0 radical (unpaired) electrons. The second-order valence-electron chi connectivity index (χ2n) is 7.05. The molecule has 0 fully saturated rings. The largest absolute Gasteiger partial charge is 0.316 e. The maximum Gasteiger partial charge on any atom is 0.0757 e. The van der Waals surface area contributed by atoms with Crippen LogP contribution in [0.1, 0.15) is 33.4 Å². The first kappa shape index (κ1) is 20.7. The maximum atomic E-state index is 13.1. The van der Waals surface area contributed by atoms with E-state index < -0.39 is 0 Å². The lowest BCUT2D eigenvalue weighted by Crippen LogP contribution is -2.23. The summed E-state index contributed by atoms with van der Waals surface area (Å²) in [6.45, 7) is 2.38. The highest BCUT2D eigenvalue weighted by Crippen LogP contribution is 2.17. The Balaban J connectivity index is 1.62. The van der Waals surface area contributed by atoms with Crippen LogP contribution < -0.4 is 5.73 Å². The van der Waals surface area contributed by atoms with E-state index in [0.717, 1.165) is 11.1 Å². The van der Waals surface area contributed by atoms with Crippen LogP contribution in [0.5, 0.6) is 0 Å². The summed E-state index contributed by atoms with van der Waals surface area (Å²) in [7, 11) is 0. The van der Waals surface area contributed by atoms with Gasteiger partial charge < -0.3 is 5.73 Å². The third kappa shape index (κ3) is 6.53. The molecule has 2 nitrogen and oxygen atoms in total. The fourth-order valence-corrected chi connectivity index (χ4v) is 3.07. The Hall–Kier alpha value is -3.01. The Bertz CT molecular complexity index is 960. The van der Waals surface area contributed by atoms with E-state index in [0.29, 0.717) is 18.1 Å². The zero-order valence-corrected chi connectivity index (χ0v) is 16.8. The molecule has 0 atom stereocenters. The predicted octanol–water partition coefficient (Wildman–Crippen LogP) is 5.98. The monoisotopic (exact) mass is 386 g/mol. The maximum absolute atomic E-state index is 13.1. The Labute approximate surface area is 172 Å². The zero-order chi connectivity index (χ0) is 20.5. The molecule has 0 amide bonds. The van der Waals surface area contributed by atoms with Crippen molar-refractivity contribution in [3.05, 3.63) is 106 Å². The van der Waals surface area contributed by atoms with Crippen LogP contribution in [-0.2, 0) is 6.42 Å². The molecule has 2 N–H and O–H groups in total. The van der Waals surface area contributed by atoms with E-state index in [-0.39, 0.29) is 6.67 Å². The van der Waals surface area contributed by atoms with Crippen molar-refractivity contribution >= 4 is 24.3 Å².